The highest BCUT2D eigenvalue weighted by molar-refractivity contribution is 5.87. The lowest BCUT2D eigenvalue weighted by Crippen LogP contribution is -2.53. The third-order valence-electron chi connectivity index (χ3n) is 3.87. The summed E-state index contributed by atoms with van der Waals surface area (Å²) in [4.78, 5) is 37.7. The van der Waals surface area contributed by atoms with Crippen molar-refractivity contribution in [2.45, 2.75) is 38.3 Å². The molecule has 0 aromatic carbocycles. The van der Waals surface area contributed by atoms with Gasteiger partial charge in [-0.1, -0.05) is 6.92 Å². The highest BCUT2D eigenvalue weighted by Gasteiger charge is 2.28. The average molecular weight is 300 g/mol. The van der Waals surface area contributed by atoms with E-state index in [0.29, 0.717) is 0 Å². The van der Waals surface area contributed by atoms with E-state index in [1.807, 2.05) is 0 Å². The number of piperidine rings is 1. The minimum Gasteiger partial charge on any atom is -0.480 e. The zero-order valence-electron chi connectivity index (χ0n) is 12.5. The third-order valence-corrected chi connectivity index (χ3v) is 3.87. The molecule has 0 aromatic heterocycles. The Kier molecular flexibility index (Phi) is 6.41. The second kappa shape index (κ2) is 7.82. The van der Waals surface area contributed by atoms with Gasteiger partial charge in [0.05, 0.1) is 6.42 Å². The number of primary amides is 1. The van der Waals surface area contributed by atoms with Crippen LogP contribution in [0.1, 0.15) is 26.2 Å². The molecule has 1 atom stereocenters. The maximum atomic E-state index is 12.1. The van der Waals surface area contributed by atoms with E-state index in [4.69, 9.17) is 10.8 Å². The summed E-state index contributed by atoms with van der Waals surface area (Å²) in [5.74, 6) is -2.03. The summed E-state index contributed by atoms with van der Waals surface area (Å²) >= 11 is 0. The second-order valence-corrected chi connectivity index (χ2v) is 5.29. The maximum Gasteiger partial charge on any atom is 0.326 e. The van der Waals surface area contributed by atoms with Crippen molar-refractivity contribution >= 4 is 17.9 Å². The van der Waals surface area contributed by atoms with E-state index in [2.05, 4.69) is 17.1 Å². The van der Waals surface area contributed by atoms with Crippen molar-refractivity contribution < 1.29 is 19.5 Å². The Hall–Kier alpha value is -1.83. The Morgan fingerprint density at radius 3 is 2.38 bits per heavy atom. The van der Waals surface area contributed by atoms with Gasteiger partial charge in [-0.3, -0.25) is 4.79 Å². The van der Waals surface area contributed by atoms with Gasteiger partial charge in [0.25, 0.3) is 0 Å². The first-order chi connectivity index (χ1) is 9.85. The van der Waals surface area contributed by atoms with Crippen molar-refractivity contribution in [3.63, 3.8) is 0 Å². The Balaban J connectivity index is 2.53. The van der Waals surface area contributed by atoms with E-state index >= 15 is 0 Å². The van der Waals surface area contributed by atoms with Gasteiger partial charge in [0.15, 0.2) is 0 Å². The largest absolute Gasteiger partial charge is 0.480 e. The Morgan fingerprint density at radius 1 is 1.38 bits per heavy atom. The molecule has 0 aliphatic carbocycles. The van der Waals surface area contributed by atoms with Crippen LogP contribution in [-0.4, -0.2) is 71.6 Å². The topological polar surface area (TPSA) is 116 Å². The SMILES string of the molecule is CCN1CCC(N(C)C(=O)N[C@@H](CC(N)=O)C(=O)O)CC1. The van der Waals surface area contributed by atoms with Gasteiger partial charge in [-0.05, 0) is 19.4 Å². The summed E-state index contributed by atoms with van der Waals surface area (Å²) in [7, 11) is 1.64. The summed E-state index contributed by atoms with van der Waals surface area (Å²) in [6, 6.07) is -1.69. The van der Waals surface area contributed by atoms with Crippen LogP contribution in [0.2, 0.25) is 0 Å². The normalized spacial score (nSPS) is 18.0. The van der Waals surface area contributed by atoms with Crippen molar-refractivity contribution in [1.82, 2.24) is 15.1 Å². The Bertz CT molecular complexity index is 394. The van der Waals surface area contributed by atoms with E-state index in [-0.39, 0.29) is 6.04 Å². The molecule has 1 aliphatic rings. The third kappa shape index (κ3) is 5.22. The van der Waals surface area contributed by atoms with Gasteiger partial charge < -0.3 is 26.0 Å². The minimum absolute atomic E-state index is 0.0795. The molecule has 0 spiro atoms. The van der Waals surface area contributed by atoms with E-state index in [1.165, 1.54) is 4.90 Å². The molecule has 1 saturated heterocycles. The zero-order valence-corrected chi connectivity index (χ0v) is 12.5. The molecule has 8 heteroatoms. The van der Waals surface area contributed by atoms with Crippen LogP contribution in [0.4, 0.5) is 4.79 Å². The molecule has 21 heavy (non-hydrogen) atoms. The number of likely N-dealkylation sites (tertiary alicyclic amines) is 1. The van der Waals surface area contributed by atoms with Crippen molar-refractivity contribution in [2.75, 3.05) is 26.7 Å². The standard InChI is InChI=1S/C13H24N4O4/c1-3-17-6-4-9(5-7-17)16(2)13(21)15-10(12(19)20)8-11(14)18/h9-10H,3-8H2,1-2H3,(H2,14,18)(H,15,21)(H,19,20)/t10-/m0/s1. The number of nitrogens with one attached hydrogen (secondary N) is 1. The van der Waals surface area contributed by atoms with Gasteiger partial charge in [-0.25, -0.2) is 9.59 Å². The van der Waals surface area contributed by atoms with Crippen LogP contribution in [-0.2, 0) is 9.59 Å². The summed E-state index contributed by atoms with van der Waals surface area (Å²) < 4.78 is 0. The fraction of sp³-hybridized carbons (Fsp3) is 0.769. The Labute approximate surface area is 124 Å². The van der Waals surface area contributed by atoms with Crippen LogP contribution in [0, 0.1) is 0 Å². The van der Waals surface area contributed by atoms with E-state index < -0.39 is 30.4 Å². The number of carboxylic acid groups (broad SMARTS) is 1. The van der Waals surface area contributed by atoms with Gasteiger partial charge in [0, 0.05) is 26.2 Å². The molecule has 1 fully saturated rings. The molecule has 1 rings (SSSR count). The van der Waals surface area contributed by atoms with E-state index in [1.54, 1.807) is 7.05 Å². The van der Waals surface area contributed by atoms with Crippen LogP contribution in [0.25, 0.3) is 0 Å². The molecule has 120 valence electrons. The molecule has 0 aromatic rings. The average Bonchev–Trinajstić information content (AvgIpc) is 2.45. The van der Waals surface area contributed by atoms with Gasteiger partial charge in [-0.2, -0.15) is 0 Å². The van der Waals surface area contributed by atoms with Gasteiger partial charge in [-0.15, -0.1) is 0 Å². The summed E-state index contributed by atoms with van der Waals surface area (Å²) in [6.45, 7) is 4.92. The molecule has 1 aliphatic heterocycles. The number of hydrogen-bond donors (Lipinski definition) is 3. The number of amides is 3. The van der Waals surface area contributed by atoms with Crippen molar-refractivity contribution in [2.24, 2.45) is 5.73 Å². The van der Waals surface area contributed by atoms with E-state index in [9.17, 15) is 14.4 Å². The molecule has 0 radical (unpaired) electrons. The number of hydrogen-bond acceptors (Lipinski definition) is 4. The van der Waals surface area contributed by atoms with Crippen LogP contribution in [0.3, 0.4) is 0 Å². The zero-order chi connectivity index (χ0) is 16.0. The highest BCUT2D eigenvalue weighted by atomic mass is 16.4. The maximum absolute atomic E-state index is 12.1. The number of rotatable bonds is 6. The molecule has 8 nitrogen and oxygen atoms in total. The van der Waals surface area contributed by atoms with Gasteiger partial charge >= 0.3 is 12.0 Å². The number of nitrogens with two attached hydrogens (primary N) is 1. The van der Waals surface area contributed by atoms with Crippen molar-refractivity contribution in [3.05, 3.63) is 0 Å². The molecule has 1 heterocycles. The van der Waals surface area contributed by atoms with Crippen LogP contribution in [0.5, 0.6) is 0 Å². The quantitative estimate of drug-likeness (QED) is 0.608. The van der Waals surface area contributed by atoms with E-state index in [0.717, 1.165) is 32.5 Å². The number of carboxylic acids is 1. The molecule has 4 N–H and O–H groups in total. The van der Waals surface area contributed by atoms with Crippen molar-refractivity contribution in [1.29, 1.82) is 0 Å². The van der Waals surface area contributed by atoms with Gasteiger partial charge in [0.1, 0.15) is 6.04 Å². The first kappa shape index (κ1) is 17.2. The highest BCUT2D eigenvalue weighted by Crippen LogP contribution is 2.15. The number of nitrogens with zero attached hydrogens (tertiary/aromatic N) is 2. The minimum atomic E-state index is -1.28. The summed E-state index contributed by atoms with van der Waals surface area (Å²) in [5, 5.41) is 11.3. The lowest BCUT2D eigenvalue weighted by molar-refractivity contribution is -0.141. The number of urea groups is 1. The fourth-order valence-corrected chi connectivity index (χ4v) is 2.44. The molecule has 3 amide bonds. The number of carbonyl (C=O) groups is 3. The molecular formula is C13H24N4O4. The molecule has 0 bridgehead atoms. The number of carbonyl (C=O) groups excluding carboxylic acids is 2. The Morgan fingerprint density at radius 2 is 1.95 bits per heavy atom. The summed E-state index contributed by atoms with van der Waals surface area (Å²) in [6.07, 6.45) is 1.29. The lowest BCUT2D eigenvalue weighted by Gasteiger charge is -2.36. The first-order valence-corrected chi connectivity index (χ1v) is 7.12. The van der Waals surface area contributed by atoms with Crippen molar-refractivity contribution in [3.8, 4) is 0 Å². The number of aliphatic carboxylic acids is 1. The fourth-order valence-electron chi connectivity index (χ4n) is 2.44. The molecule has 0 saturated carbocycles. The first-order valence-electron chi connectivity index (χ1n) is 7.12. The van der Waals surface area contributed by atoms with Crippen LogP contribution in [0.15, 0.2) is 0 Å². The second-order valence-electron chi connectivity index (χ2n) is 5.29. The predicted octanol–water partition coefficient (Wildman–Crippen LogP) is -0.559. The van der Waals surface area contributed by atoms with Gasteiger partial charge in [0.2, 0.25) is 5.91 Å². The molecular weight excluding hydrogens is 276 g/mol. The predicted molar refractivity (Wildman–Crippen MR) is 76.7 cm³/mol. The summed E-state index contributed by atoms with van der Waals surface area (Å²) in [5.41, 5.74) is 4.98. The smallest absolute Gasteiger partial charge is 0.326 e. The molecule has 0 unspecified atom stereocenters. The monoisotopic (exact) mass is 300 g/mol. The van der Waals surface area contributed by atoms with Crippen LogP contribution >= 0.6 is 0 Å². The van der Waals surface area contributed by atoms with Crippen LogP contribution < -0.4 is 11.1 Å². The lowest BCUT2D eigenvalue weighted by atomic mass is 10.0.